The highest BCUT2D eigenvalue weighted by Gasteiger charge is 2.47. The van der Waals surface area contributed by atoms with Gasteiger partial charge >= 0.3 is 0 Å². The largest absolute Gasteiger partial charge is 0.454 e. The minimum atomic E-state index is -0.547. The second-order valence-corrected chi connectivity index (χ2v) is 8.89. The monoisotopic (exact) mass is 475 g/mol. The quantitative estimate of drug-likeness (QED) is 0.504. The van der Waals surface area contributed by atoms with Crippen LogP contribution in [0.15, 0.2) is 60.7 Å². The number of fused-ring (bicyclic) bond motifs is 2. The smallest absolute Gasteiger partial charge is 0.233 e. The molecule has 178 valence electrons. The molecule has 3 aromatic rings. The minimum absolute atomic E-state index is 0.104. The SMILES string of the molecule is O=C1[C@@H](Cc2ccc3c(c2)OCO3)[C@H](Cc2ccc3c(c2)OCO3)C(=O)N1Cc1ccc(F)cc1. The summed E-state index contributed by atoms with van der Waals surface area (Å²) in [6.45, 7) is 0.433. The lowest BCUT2D eigenvalue weighted by molar-refractivity contribution is -0.140. The lowest BCUT2D eigenvalue weighted by Gasteiger charge is -2.16. The topological polar surface area (TPSA) is 74.3 Å². The molecule has 0 aromatic heterocycles. The van der Waals surface area contributed by atoms with E-state index in [1.54, 1.807) is 12.1 Å². The van der Waals surface area contributed by atoms with Crippen molar-refractivity contribution in [2.75, 3.05) is 13.6 Å². The average molecular weight is 475 g/mol. The molecule has 0 spiro atoms. The molecule has 1 saturated heterocycles. The van der Waals surface area contributed by atoms with Gasteiger partial charge in [0.1, 0.15) is 5.82 Å². The molecule has 35 heavy (non-hydrogen) atoms. The van der Waals surface area contributed by atoms with Gasteiger partial charge in [-0.3, -0.25) is 14.5 Å². The Balaban J connectivity index is 1.29. The van der Waals surface area contributed by atoms with Gasteiger partial charge in [-0.05, 0) is 65.9 Å². The molecule has 7 nitrogen and oxygen atoms in total. The lowest BCUT2D eigenvalue weighted by Crippen LogP contribution is -2.31. The predicted octanol–water partition coefficient (Wildman–Crippen LogP) is 3.87. The van der Waals surface area contributed by atoms with Crippen LogP contribution >= 0.6 is 0 Å². The molecule has 3 aliphatic rings. The Morgan fingerprint density at radius 1 is 0.657 bits per heavy atom. The molecule has 3 aliphatic heterocycles. The Hall–Kier alpha value is -4.07. The molecule has 6 rings (SSSR count). The van der Waals surface area contributed by atoms with Crippen LogP contribution in [0.2, 0.25) is 0 Å². The number of ether oxygens (including phenoxy) is 4. The molecule has 2 atom stereocenters. The first-order valence-electron chi connectivity index (χ1n) is 11.4. The number of carbonyl (C=O) groups is 2. The fourth-order valence-corrected chi connectivity index (χ4v) is 4.88. The Morgan fingerprint density at radius 3 is 1.63 bits per heavy atom. The summed E-state index contributed by atoms with van der Waals surface area (Å²) in [4.78, 5) is 28.4. The molecule has 0 radical (unpaired) electrons. The summed E-state index contributed by atoms with van der Waals surface area (Å²) < 4.78 is 35.1. The first-order valence-corrected chi connectivity index (χ1v) is 11.4. The van der Waals surface area contributed by atoms with Gasteiger partial charge in [0.25, 0.3) is 0 Å². The van der Waals surface area contributed by atoms with Crippen molar-refractivity contribution in [1.29, 1.82) is 0 Å². The third-order valence-electron chi connectivity index (χ3n) is 6.69. The van der Waals surface area contributed by atoms with Gasteiger partial charge in [-0.2, -0.15) is 0 Å². The standard InChI is InChI=1S/C27H22FNO6/c28-19-5-1-16(2-6-19)13-29-26(30)20(9-17-3-7-22-24(11-17)34-14-32-22)21(27(29)31)10-18-4-8-23-25(12-18)35-15-33-23/h1-8,11-12,20-21H,9-10,13-15H2/t20-,21-/m0/s1. The molecular formula is C27H22FNO6. The highest BCUT2D eigenvalue weighted by molar-refractivity contribution is 6.05. The maximum absolute atomic E-state index is 13.5. The van der Waals surface area contributed by atoms with Crippen LogP contribution in [0.25, 0.3) is 0 Å². The summed E-state index contributed by atoms with van der Waals surface area (Å²) in [7, 11) is 0. The van der Waals surface area contributed by atoms with Crippen molar-refractivity contribution < 1.29 is 32.9 Å². The zero-order valence-electron chi connectivity index (χ0n) is 18.7. The summed E-state index contributed by atoms with van der Waals surface area (Å²) in [5.74, 6) is 0.668. The van der Waals surface area contributed by atoms with E-state index in [2.05, 4.69) is 0 Å². The second-order valence-electron chi connectivity index (χ2n) is 8.89. The number of amides is 2. The molecule has 3 aromatic carbocycles. The van der Waals surface area contributed by atoms with Crippen molar-refractivity contribution in [1.82, 2.24) is 4.90 Å². The fourth-order valence-electron chi connectivity index (χ4n) is 4.88. The highest BCUT2D eigenvalue weighted by Crippen LogP contribution is 2.39. The zero-order chi connectivity index (χ0) is 23.9. The molecule has 0 unspecified atom stereocenters. The minimum Gasteiger partial charge on any atom is -0.454 e. The lowest BCUT2D eigenvalue weighted by atomic mass is 9.84. The number of hydrogen-bond donors (Lipinski definition) is 0. The molecule has 0 bridgehead atoms. The maximum Gasteiger partial charge on any atom is 0.233 e. The van der Waals surface area contributed by atoms with Crippen LogP contribution in [0.3, 0.4) is 0 Å². The first kappa shape index (κ1) is 21.5. The highest BCUT2D eigenvalue weighted by atomic mass is 19.1. The number of benzene rings is 3. The van der Waals surface area contributed by atoms with Crippen molar-refractivity contribution in [2.24, 2.45) is 11.8 Å². The van der Waals surface area contributed by atoms with Crippen molar-refractivity contribution in [2.45, 2.75) is 19.4 Å². The van der Waals surface area contributed by atoms with E-state index in [4.69, 9.17) is 18.9 Å². The number of halogens is 1. The Morgan fingerprint density at radius 2 is 1.11 bits per heavy atom. The van der Waals surface area contributed by atoms with Crippen LogP contribution < -0.4 is 18.9 Å². The number of likely N-dealkylation sites (tertiary alicyclic amines) is 1. The normalized spacial score (nSPS) is 20.1. The van der Waals surface area contributed by atoms with Crippen LogP contribution in [0, 0.1) is 17.7 Å². The van der Waals surface area contributed by atoms with Crippen LogP contribution in [0.5, 0.6) is 23.0 Å². The first-order chi connectivity index (χ1) is 17.0. The van der Waals surface area contributed by atoms with Gasteiger partial charge in [-0.25, -0.2) is 4.39 Å². The molecule has 1 fully saturated rings. The van der Waals surface area contributed by atoms with E-state index >= 15 is 0 Å². The predicted molar refractivity (Wildman–Crippen MR) is 121 cm³/mol. The van der Waals surface area contributed by atoms with Crippen LogP contribution in [-0.2, 0) is 29.0 Å². The van der Waals surface area contributed by atoms with Gasteiger partial charge in [0, 0.05) is 0 Å². The summed E-state index contributed by atoms with van der Waals surface area (Å²) in [6, 6.07) is 17.0. The van der Waals surface area contributed by atoms with E-state index in [0.717, 1.165) is 11.1 Å². The summed E-state index contributed by atoms with van der Waals surface area (Å²) >= 11 is 0. The molecule has 0 saturated carbocycles. The van der Waals surface area contributed by atoms with Crippen LogP contribution in [0.4, 0.5) is 4.39 Å². The number of nitrogens with zero attached hydrogens (tertiary/aromatic N) is 1. The van der Waals surface area contributed by atoms with E-state index in [9.17, 15) is 14.0 Å². The number of carbonyl (C=O) groups excluding carboxylic acids is 2. The number of rotatable bonds is 6. The Kier molecular flexibility index (Phi) is 5.28. The zero-order valence-corrected chi connectivity index (χ0v) is 18.7. The van der Waals surface area contributed by atoms with Crippen molar-refractivity contribution in [3.8, 4) is 23.0 Å². The van der Waals surface area contributed by atoms with E-state index < -0.39 is 11.8 Å². The van der Waals surface area contributed by atoms with Gasteiger partial charge in [0.15, 0.2) is 23.0 Å². The summed E-state index contributed by atoms with van der Waals surface area (Å²) in [6.07, 6.45) is 0.771. The van der Waals surface area contributed by atoms with Crippen molar-refractivity contribution in [3.63, 3.8) is 0 Å². The van der Waals surface area contributed by atoms with E-state index in [-0.39, 0.29) is 37.8 Å². The summed E-state index contributed by atoms with van der Waals surface area (Å²) in [5.41, 5.74) is 2.47. The Labute approximate surface area is 201 Å². The molecule has 0 aliphatic carbocycles. The number of hydrogen-bond acceptors (Lipinski definition) is 6. The third kappa shape index (κ3) is 4.05. The third-order valence-corrected chi connectivity index (χ3v) is 6.69. The molecule has 2 amide bonds. The van der Waals surface area contributed by atoms with E-state index in [0.29, 0.717) is 41.4 Å². The van der Waals surface area contributed by atoms with Crippen LogP contribution in [0.1, 0.15) is 16.7 Å². The number of imide groups is 1. The average Bonchev–Trinajstić information content (AvgIpc) is 3.57. The Bertz CT molecular complexity index is 1230. The van der Waals surface area contributed by atoms with Gasteiger partial charge in [0.2, 0.25) is 25.4 Å². The van der Waals surface area contributed by atoms with Crippen molar-refractivity contribution >= 4 is 11.8 Å². The maximum atomic E-state index is 13.5. The van der Waals surface area contributed by atoms with Crippen LogP contribution in [-0.4, -0.2) is 30.3 Å². The summed E-state index contributed by atoms with van der Waals surface area (Å²) in [5, 5.41) is 0. The molecule has 3 heterocycles. The molecular weight excluding hydrogens is 453 g/mol. The van der Waals surface area contributed by atoms with E-state index in [1.807, 2.05) is 36.4 Å². The van der Waals surface area contributed by atoms with Gasteiger partial charge in [0.05, 0.1) is 18.4 Å². The van der Waals surface area contributed by atoms with E-state index in [1.165, 1.54) is 17.0 Å². The van der Waals surface area contributed by atoms with Crippen molar-refractivity contribution in [3.05, 3.63) is 83.2 Å². The molecule has 0 N–H and O–H groups in total. The second kappa shape index (κ2) is 8.61. The molecule has 8 heteroatoms. The fraction of sp³-hybridized carbons (Fsp3) is 0.259. The van der Waals surface area contributed by atoms with Gasteiger partial charge in [-0.1, -0.05) is 24.3 Å². The van der Waals surface area contributed by atoms with Gasteiger partial charge < -0.3 is 18.9 Å². The van der Waals surface area contributed by atoms with Gasteiger partial charge in [-0.15, -0.1) is 0 Å².